The van der Waals surface area contributed by atoms with Gasteiger partial charge < -0.3 is 19.8 Å². The van der Waals surface area contributed by atoms with Gasteiger partial charge in [-0.2, -0.15) is 17.5 Å². The number of aliphatic carboxylic acids is 1. The molecule has 1 unspecified atom stereocenters. The van der Waals surface area contributed by atoms with Gasteiger partial charge >= 0.3 is 12.1 Å². The molecule has 1 spiro atoms. The first-order valence-electron chi connectivity index (χ1n) is 11.3. The van der Waals surface area contributed by atoms with E-state index in [-0.39, 0.29) is 17.6 Å². The number of likely N-dealkylation sites (tertiary alicyclic amines) is 1. The Morgan fingerprint density at radius 3 is 2.18 bits per heavy atom. The van der Waals surface area contributed by atoms with Crippen molar-refractivity contribution in [2.45, 2.75) is 55.4 Å². The molecule has 1 aromatic carbocycles. The minimum atomic E-state index is -5.08. The molecule has 34 heavy (non-hydrogen) atoms. The fourth-order valence-electron chi connectivity index (χ4n) is 4.69. The van der Waals surface area contributed by atoms with Crippen LogP contribution in [0.15, 0.2) is 35.2 Å². The molecular weight excluding hydrogens is 477 g/mol. The minimum Gasteiger partial charge on any atom is -0.475 e. The third-order valence-corrected chi connectivity index (χ3v) is 8.62. The third kappa shape index (κ3) is 6.91. The van der Waals surface area contributed by atoms with Gasteiger partial charge in [-0.1, -0.05) is 18.2 Å². The number of sulfonamides is 1. The Labute approximate surface area is 197 Å². The molecule has 0 bridgehead atoms. The lowest BCUT2D eigenvalue weighted by atomic mass is 9.77. The van der Waals surface area contributed by atoms with Crippen molar-refractivity contribution in [1.29, 1.82) is 0 Å². The Morgan fingerprint density at radius 1 is 1.09 bits per heavy atom. The second-order valence-corrected chi connectivity index (χ2v) is 11.1. The number of carboxylic acid groups (broad SMARTS) is 1. The fourth-order valence-corrected chi connectivity index (χ4v) is 6.16. The summed E-state index contributed by atoms with van der Waals surface area (Å²) in [5.74, 6) is -2.76. The van der Waals surface area contributed by atoms with Crippen molar-refractivity contribution < 1.29 is 41.3 Å². The second kappa shape index (κ2) is 10.9. The highest BCUT2D eigenvalue weighted by atomic mass is 32.2. The molecule has 0 aromatic heterocycles. The van der Waals surface area contributed by atoms with Crippen LogP contribution in [0, 0.1) is 5.41 Å². The normalized spacial score (nSPS) is 24.5. The number of hydrogen-bond acceptors (Lipinski definition) is 6. The quantitative estimate of drug-likeness (QED) is 0.643. The summed E-state index contributed by atoms with van der Waals surface area (Å²) in [7, 11) is -3.39. The predicted octanol–water partition coefficient (Wildman–Crippen LogP) is 2.34. The highest BCUT2D eigenvalue weighted by Crippen LogP contribution is 2.43. The predicted molar refractivity (Wildman–Crippen MR) is 117 cm³/mol. The van der Waals surface area contributed by atoms with Crippen LogP contribution in [0.4, 0.5) is 13.2 Å². The van der Waals surface area contributed by atoms with E-state index in [1.165, 1.54) is 0 Å². The number of aliphatic hydroxyl groups excluding tert-OH is 1. The smallest absolute Gasteiger partial charge is 0.475 e. The number of rotatable bonds is 4. The second-order valence-electron chi connectivity index (χ2n) is 9.19. The molecule has 0 amide bonds. The van der Waals surface area contributed by atoms with E-state index in [9.17, 15) is 26.7 Å². The van der Waals surface area contributed by atoms with Crippen molar-refractivity contribution in [3.05, 3.63) is 30.3 Å². The van der Waals surface area contributed by atoms with Crippen molar-refractivity contribution in [2.24, 2.45) is 5.41 Å². The Kier molecular flexibility index (Phi) is 8.61. The number of aliphatic hydroxyl groups is 1. The van der Waals surface area contributed by atoms with Gasteiger partial charge in [0, 0.05) is 32.7 Å². The number of carbonyl (C=O) groups is 1. The molecule has 0 aliphatic carbocycles. The summed E-state index contributed by atoms with van der Waals surface area (Å²) in [5, 5.41) is 16.8. The number of benzene rings is 1. The van der Waals surface area contributed by atoms with Crippen LogP contribution in [0.1, 0.15) is 32.1 Å². The molecule has 1 aromatic rings. The molecule has 3 fully saturated rings. The molecule has 3 heterocycles. The Hall–Kier alpha value is -1.73. The monoisotopic (exact) mass is 508 g/mol. The number of piperidine rings is 2. The summed E-state index contributed by atoms with van der Waals surface area (Å²) in [6.07, 6.45) is -0.534. The number of ether oxygens (including phenoxy) is 1. The van der Waals surface area contributed by atoms with Gasteiger partial charge in [-0.05, 0) is 49.7 Å². The van der Waals surface area contributed by atoms with Gasteiger partial charge in [0.15, 0.2) is 0 Å². The summed E-state index contributed by atoms with van der Waals surface area (Å²) in [4.78, 5) is 11.7. The lowest BCUT2D eigenvalue weighted by molar-refractivity contribution is -0.192. The van der Waals surface area contributed by atoms with E-state index in [0.717, 1.165) is 58.3 Å². The van der Waals surface area contributed by atoms with Crippen LogP contribution >= 0.6 is 0 Å². The van der Waals surface area contributed by atoms with E-state index >= 15 is 0 Å². The van der Waals surface area contributed by atoms with Gasteiger partial charge in [-0.15, -0.1) is 0 Å². The first kappa shape index (κ1) is 26.9. The van der Waals surface area contributed by atoms with E-state index in [0.29, 0.717) is 18.0 Å². The standard InChI is InChI=1S/C20H30N2O4S.C2HF3O2/c23-17-6-10-21(11-7-17)15-18-14-20(16-26-18)8-12-22(13-9-20)27(24,25)19-4-2-1-3-5-19;3-2(4,5)1(6)7/h1-5,17-18,23H,6-16H2;(H,6,7). The number of carboxylic acids is 1. The molecule has 2 N–H and O–H groups in total. The summed E-state index contributed by atoms with van der Waals surface area (Å²) >= 11 is 0. The molecule has 0 saturated carbocycles. The maximum absolute atomic E-state index is 12.8. The molecule has 3 aliphatic rings. The van der Waals surface area contributed by atoms with Gasteiger partial charge in [0.05, 0.1) is 23.7 Å². The first-order valence-corrected chi connectivity index (χ1v) is 12.7. The van der Waals surface area contributed by atoms with E-state index in [1.54, 1.807) is 28.6 Å². The van der Waals surface area contributed by atoms with Gasteiger partial charge in [0.2, 0.25) is 10.0 Å². The molecule has 3 aliphatic heterocycles. The van der Waals surface area contributed by atoms with Gasteiger partial charge in [-0.25, -0.2) is 13.2 Å². The van der Waals surface area contributed by atoms with E-state index < -0.39 is 22.2 Å². The van der Waals surface area contributed by atoms with Crippen molar-refractivity contribution in [3.63, 3.8) is 0 Å². The SMILES string of the molecule is O=C(O)C(F)(F)F.O=S(=O)(c1ccccc1)N1CCC2(CC1)COC(CN1CCC(O)CC1)C2. The molecule has 1 atom stereocenters. The van der Waals surface area contributed by atoms with Crippen LogP contribution in [-0.2, 0) is 19.6 Å². The molecule has 12 heteroatoms. The topological polar surface area (TPSA) is 107 Å². The van der Waals surface area contributed by atoms with Crippen LogP contribution in [0.2, 0.25) is 0 Å². The minimum absolute atomic E-state index is 0.128. The maximum Gasteiger partial charge on any atom is 0.490 e. The Morgan fingerprint density at radius 2 is 1.65 bits per heavy atom. The summed E-state index contributed by atoms with van der Waals surface area (Å²) in [6, 6.07) is 8.72. The summed E-state index contributed by atoms with van der Waals surface area (Å²) in [6.45, 7) is 4.70. The Bertz CT molecular complexity index is 912. The highest BCUT2D eigenvalue weighted by Gasteiger charge is 2.44. The lowest BCUT2D eigenvalue weighted by Crippen LogP contribution is -2.44. The summed E-state index contributed by atoms with van der Waals surface area (Å²) in [5.41, 5.74) is 0.128. The van der Waals surface area contributed by atoms with Crippen LogP contribution in [-0.4, -0.2) is 91.5 Å². The average Bonchev–Trinajstić information content (AvgIpc) is 3.18. The molecule has 3 saturated heterocycles. The zero-order chi connectivity index (χ0) is 25.0. The largest absolute Gasteiger partial charge is 0.490 e. The van der Waals surface area contributed by atoms with Crippen molar-refractivity contribution in [1.82, 2.24) is 9.21 Å². The molecule has 4 rings (SSSR count). The molecule has 0 radical (unpaired) electrons. The number of nitrogens with zero attached hydrogens (tertiary/aromatic N) is 2. The van der Waals surface area contributed by atoms with Crippen molar-refractivity contribution in [2.75, 3.05) is 39.3 Å². The van der Waals surface area contributed by atoms with Gasteiger partial charge in [-0.3, -0.25) is 0 Å². The maximum atomic E-state index is 12.8. The third-order valence-electron chi connectivity index (χ3n) is 6.71. The van der Waals surface area contributed by atoms with Crippen LogP contribution in [0.3, 0.4) is 0 Å². The Balaban J connectivity index is 0.000000406. The van der Waals surface area contributed by atoms with E-state index in [2.05, 4.69) is 4.90 Å². The number of alkyl halides is 3. The van der Waals surface area contributed by atoms with Crippen molar-refractivity contribution in [3.8, 4) is 0 Å². The van der Waals surface area contributed by atoms with E-state index in [4.69, 9.17) is 14.6 Å². The lowest BCUT2D eigenvalue weighted by Gasteiger charge is -2.38. The summed E-state index contributed by atoms with van der Waals surface area (Å²) < 4.78 is 65.1. The van der Waals surface area contributed by atoms with E-state index in [1.807, 2.05) is 6.07 Å². The zero-order valence-corrected chi connectivity index (χ0v) is 19.6. The van der Waals surface area contributed by atoms with Crippen molar-refractivity contribution >= 4 is 16.0 Å². The fraction of sp³-hybridized carbons (Fsp3) is 0.682. The molecule has 192 valence electrons. The first-order chi connectivity index (χ1) is 15.9. The van der Waals surface area contributed by atoms with Gasteiger partial charge in [0.1, 0.15) is 0 Å². The van der Waals surface area contributed by atoms with Gasteiger partial charge in [0.25, 0.3) is 0 Å². The van der Waals surface area contributed by atoms with Crippen LogP contribution < -0.4 is 0 Å². The zero-order valence-electron chi connectivity index (χ0n) is 18.8. The number of halogens is 3. The highest BCUT2D eigenvalue weighted by molar-refractivity contribution is 7.89. The number of hydrogen-bond donors (Lipinski definition) is 2. The van der Waals surface area contributed by atoms with Crippen LogP contribution in [0.25, 0.3) is 0 Å². The molecule has 8 nitrogen and oxygen atoms in total. The van der Waals surface area contributed by atoms with Crippen LogP contribution in [0.5, 0.6) is 0 Å². The molecular formula is C22H31F3N2O6S. The average molecular weight is 509 g/mol.